The fourth-order valence-electron chi connectivity index (χ4n) is 2.03. The maximum Gasteiger partial charge on any atom is 0.316 e. The normalized spacial score (nSPS) is 10.5. The molecule has 0 aliphatic carbocycles. The van der Waals surface area contributed by atoms with Crippen LogP contribution in [0.4, 0.5) is 0 Å². The van der Waals surface area contributed by atoms with E-state index in [9.17, 15) is 4.79 Å². The van der Waals surface area contributed by atoms with Gasteiger partial charge in [-0.1, -0.05) is 30.0 Å². The van der Waals surface area contributed by atoms with Gasteiger partial charge in [0.2, 0.25) is 0 Å². The number of nitrogens with zero attached hydrogens (tertiary/aromatic N) is 3. The van der Waals surface area contributed by atoms with Crippen LogP contribution in [0.3, 0.4) is 0 Å². The number of thioether (sulfide) groups is 1. The molecule has 0 atom stereocenters. The van der Waals surface area contributed by atoms with Crippen LogP contribution >= 0.6 is 11.8 Å². The highest BCUT2D eigenvalue weighted by atomic mass is 32.2. The number of aryl methyl sites for hydroxylation is 2. The first kappa shape index (κ1) is 18.1. The summed E-state index contributed by atoms with van der Waals surface area (Å²) >= 11 is 1.28. The van der Waals surface area contributed by atoms with Crippen molar-refractivity contribution in [2.75, 3.05) is 12.9 Å². The molecule has 1 aromatic carbocycles. The zero-order valence-corrected chi connectivity index (χ0v) is 14.9. The molecule has 0 unspecified atom stereocenters. The van der Waals surface area contributed by atoms with E-state index < -0.39 is 0 Å². The zero-order chi connectivity index (χ0) is 17.5. The summed E-state index contributed by atoms with van der Waals surface area (Å²) in [5.74, 6) is 1.39. The van der Waals surface area contributed by atoms with Crippen molar-refractivity contribution in [3.05, 3.63) is 47.8 Å². The number of esters is 1. The zero-order valence-electron chi connectivity index (χ0n) is 14.1. The van der Waals surface area contributed by atoms with Crippen molar-refractivity contribution in [2.24, 2.45) is 0 Å². The lowest BCUT2D eigenvalue weighted by molar-refractivity contribution is -0.137. The minimum Gasteiger partial charge on any atom is -0.485 e. The van der Waals surface area contributed by atoms with Crippen molar-refractivity contribution in [1.29, 1.82) is 0 Å². The van der Waals surface area contributed by atoms with E-state index in [2.05, 4.69) is 21.5 Å². The smallest absolute Gasteiger partial charge is 0.316 e. The molecule has 128 valence electrons. The molecule has 1 aromatic heterocycles. The minimum atomic E-state index is -0.304. The third kappa shape index (κ3) is 4.61. The Kier molecular flexibility index (Phi) is 6.43. The summed E-state index contributed by atoms with van der Waals surface area (Å²) in [6, 6.07) is 6.07. The molecule has 24 heavy (non-hydrogen) atoms. The number of rotatable bonds is 8. The Hall–Kier alpha value is -2.28. The van der Waals surface area contributed by atoms with Gasteiger partial charge in [0, 0.05) is 6.54 Å². The Balaban J connectivity index is 2.11. The number of aromatic nitrogens is 3. The molecule has 0 radical (unpaired) electrons. The second-order valence-corrected chi connectivity index (χ2v) is 6.16. The third-order valence-electron chi connectivity index (χ3n) is 3.35. The molecule has 2 aromatic rings. The van der Waals surface area contributed by atoms with Crippen molar-refractivity contribution in [3.8, 4) is 5.75 Å². The maximum absolute atomic E-state index is 11.3. The first-order valence-electron chi connectivity index (χ1n) is 7.47. The lowest BCUT2D eigenvalue weighted by atomic mass is 10.1. The van der Waals surface area contributed by atoms with Gasteiger partial charge in [0.05, 0.1) is 12.9 Å². The molecule has 0 saturated carbocycles. The Morgan fingerprint density at radius 2 is 2.17 bits per heavy atom. The molecule has 0 spiro atoms. The number of carbonyl (C=O) groups excluding carboxylic acids is 1. The van der Waals surface area contributed by atoms with Gasteiger partial charge in [-0.25, -0.2) is 0 Å². The molecular formula is C17H21N3O3S. The van der Waals surface area contributed by atoms with Crippen LogP contribution in [0.15, 0.2) is 36.0 Å². The summed E-state index contributed by atoms with van der Waals surface area (Å²) in [6.07, 6.45) is 1.76. The Labute approximate surface area is 145 Å². The molecule has 0 saturated heterocycles. The Morgan fingerprint density at radius 1 is 1.38 bits per heavy atom. The van der Waals surface area contributed by atoms with E-state index in [0.29, 0.717) is 24.1 Å². The molecule has 0 aliphatic heterocycles. The summed E-state index contributed by atoms with van der Waals surface area (Å²) in [5, 5.41) is 8.95. The van der Waals surface area contributed by atoms with Gasteiger partial charge in [-0.3, -0.25) is 9.36 Å². The lowest BCUT2D eigenvalue weighted by Gasteiger charge is -2.11. The number of carbonyl (C=O) groups is 1. The fraction of sp³-hybridized carbons (Fsp3) is 0.353. The molecule has 2 rings (SSSR count). The van der Waals surface area contributed by atoms with E-state index in [0.717, 1.165) is 16.9 Å². The SMILES string of the molecule is C=CCn1c(COc2cc(C)ccc2C)nnc1SCC(=O)OC. The number of benzene rings is 1. The van der Waals surface area contributed by atoms with Gasteiger partial charge in [0.15, 0.2) is 11.0 Å². The van der Waals surface area contributed by atoms with Gasteiger partial charge in [-0.05, 0) is 31.0 Å². The highest BCUT2D eigenvalue weighted by molar-refractivity contribution is 7.99. The summed E-state index contributed by atoms with van der Waals surface area (Å²) in [4.78, 5) is 11.3. The molecule has 0 fully saturated rings. The molecule has 0 amide bonds. The van der Waals surface area contributed by atoms with E-state index in [-0.39, 0.29) is 11.7 Å². The highest BCUT2D eigenvalue weighted by Gasteiger charge is 2.14. The van der Waals surface area contributed by atoms with Gasteiger partial charge in [-0.15, -0.1) is 16.8 Å². The minimum absolute atomic E-state index is 0.184. The van der Waals surface area contributed by atoms with E-state index in [1.807, 2.05) is 36.6 Å². The topological polar surface area (TPSA) is 66.2 Å². The van der Waals surface area contributed by atoms with E-state index in [1.165, 1.54) is 18.9 Å². The second-order valence-electron chi connectivity index (χ2n) is 5.22. The maximum atomic E-state index is 11.3. The molecule has 0 bridgehead atoms. The summed E-state index contributed by atoms with van der Waals surface area (Å²) in [6.45, 7) is 8.62. The predicted molar refractivity (Wildman–Crippen MR) is 93.2 cm³/mol. The third-order valence-corrected chi connectivity index (χ3v) is 4.29. The number of ether oxygens (including phenoxy) is 2. The van der Waals surface area contributed by atoms with Crippen LogP contribution in [0, 0.1) is 13.8 Å². The summed E-state index contributed by atoms with van der Waals surface area (Å²) in [5.41, 5.74) is 2.20. The number of hydrogen-bond donors (Lipinski definition) is 0. The van der Waals surface area contributed by atoms with Crippen molar-refractivity contribution >= 4 is 17.7 Å². The van der Waals surface area contributed by atoms with Crippen LogP contribution in [-0.4, -0.2) is 33.6 Å². The van der Waals surface area contributed by atoms with Crippen molar-refractivity contribution in [2.45, 2.75) is 32.2 Å². The number of methoxy groups -OCH3 is 1. The van der Waals surface area contributed by atoms with Crippen LogP contribution in [0.2, 0.25) is 0 Å². The standard InChI is InChI=1S/C17H21N3O3S/c1-5-8-20-15(18-19-17(20)24-11-16(21)22-4)10-23-14-9-12(2)6-7-13(14)3/h5-7,9H,1,8,10-11H2,2-4H3. The fourth-order valence-corrected chi connectivity index (χ4v) is 2.83. The largest absolute Gasteiger partial charge is 0.485 e. The van der Waals surface area contributed by atoms with Crippen molar-refractivity contribution in [3.63, 3.8) is 0 Å². The average molecular weight is 347 g/mol. The summed E-state index contributed by atoms with van der Waals surface area (Å²) in [7, 11) is 1.36. The lowest BCUT2D eigenvalue weighted by Crippen LogP contribution is -2.09. The van der Waals surface area contributed by atoms with Gasteiger partial charge in [-0.2, -0.15) is 0 Å². The van der Waals surface area contributed by atoms with Crippen LogP contribution in [0.5, 0.6) is 5.75 Å². The van der Waals surface area contributed by atoms with Crippen LogP contribution in [0.1, 0.15) is 17.0 Å². The quantitative estimate of drug-likeness (QED) is 0.415. The van der Waals surface area contributed by atoms with Crippen LogP contribution in [-0.2, 0) is 22.7 Å². The molecule has 6 nitrogen and oxygen atoms in total. The Bertz CT molecular complexity index is 728. The monoisotopic (exact) mass is 347 g/mol. The molecule has 0 N–H and O–H groups in total. The molecule has 1 heterocycles. The average Bonchev–Trinajstić information content (AvgIpc) is 2.96. The van der Waals surface area contributed by atoms with Gasteiger partial charge in [0.25, 0.3) is 0 Å². The second kappa shape index (κ2) is 8.54. The molecular weight excluding hydrogens is 326 g/mol. The molecule has 0 aliphatic rings. The van der Waals surface area contributed by atoms with Crippen LogP contribution in [0.25, 0.3) is 0 Å². The van der Waals surface area contributed by atoms with E-state index in [1.54, 1.807) is 6.08 Å². The first-order valence-corrected chi connectivity index (χ1v) is 8.46. The van der Waals surface area contributed by atoms with E-state index in [4.69, 9.17) is 4.74 Å². The molecule has 7 heteroatoms. The number of allylic oxidation sites excluding steroid dienone is 1. The Morgan fingerprint density at radius 3 is 2.88 bits per heavy atom. The number of hydrogen-bond acceptors (Lipinski definition) is 6. The van der Waals surface area contributed by atoms with Crippen molar-refractivity contribution < 1.29 is 14.3 Å². The van der Waals surface area contributed by atoms with Crippen molar-refractivity contribution in [1.82, 2.24) is 14.8 Å². The van der Waals surface area contributed by atoms with E-state index >= 15 is 0 Å². The van der Waals surface area contributed by atoms with Crippen LogP contribution < -0.4 is 4.74 Å². The summed E-state index contributed by atoms with van der Waals surface area (Å²) < 4.78 is 12.4. The predicted octanol–water partition coefficient (Wildman–Crippen LogP) is 2.93. The first-order chi connectivity index (χ1) is 11.5. The van der Waals surface area contributed by atoms with Gasteiger partial charge < -0.3 is 9.47 Å². The van der Waals surface area contributed by atoms with Gasteiger partial charge >= 0.3 is 5.97 Å². The van der Waals surface area contributed by atoms with Gasteiger partial charge in [0.1, 0.15) is 12.4 Å². The highest BCUT2D eigenvalue weighted by Crippen LogP contribution is 2.22.